The summed E-state index contributed by atoms with van der Waals surface area (Å²) in [6, 6.07) is 5.43. The normalized spacial score (nSPS) is 24.8. The fraction of sp³-hybridized carbons (Fsp3) is 0.529. The molecule has 2 fully saturated rings. The van der Waals surface area contributed by atoms with Gasteiger partial charge in [0.25, 0.3) is 5.91 Å². The van der Waals surface area contributed by atoms with Gasteiger partial charge in [0, 0.05) is 30.7 Å². The summed E-state index contributed by atoms with van der Waals surface area (Å²) in [5.41, 5.74) is 0.815. The minimum Gasteiger partial charge on any atom is -0.349 e. The van der Waals surface area contributed by atoms with Gasteiger partial charge in [-0.25, -0.2) is 8.42 Å². The van der Waals surface area contributed by atoms with E-state index in [9.17, 15) is 18.0 Å². The first kappa shape index (κ1) is 18.7. The molecule has 8 nitrogen and oxygen atoms in total. The van der Waals surface area contributed by atoms with Crippen LogP contribution in [0.15, 0.2) is 18.2 Å². The largest absolute Gasteiger partial charge is 0.349 e. The molecular weight excluding hydrogens is 356 g/mol. The number of amides is 2. The average molecular weight is 380 g/mol. The highest BCUT2D eigenvalue weighted by Gasteiger charge is 2.34. The number of nitrogens with one attached hydrogen (secondary N) is 4. The highest BCUT2D eigenvalue weighted by molar-refractivity contribution is 7.92. The van der Waals surface area contributed by atoms with E-state index in [1.807, 2.05) is 0 Å². The van der Waals surface area contributed by atoms with Crippen LogP contribution >= 0.6 is 0 Å². The Hall–Kier alpha value is -2.13. The van der Waals surface area contributed by atoms with Gasteiger partial charge in [-0.1, -0.05) is 0 Å². The van der Waals surface area contributed by atoms with Crippen molar-refractivity contribution in [3.63, 3.8) is 0 Å². The van der Waals surface area contributed by atoms with Crippen molar-refractivity contribution in [2.45, 2.75) is 50.7 Å². The van der Waals surface area contributed by atoms with Gasteiger partial charge in [-0.15, -0.1) is 0 Å². The third-order valence-corrected chi connectivity index (χ3v) is 5.28. The third kappa shape index (κ3) is 4.73. The van der Waals surface area contributed by atoms with E-state index >= 15 is 0 Å². The number of carbonyl (C=O) groups is 2. The van der Waals surface area contributed by atoms with E-state index in [1.165, 1.54) is 19.1 Å². The first-order chi connectivity index (χ1) is 12.2. The number of anilines is 2. The molecule has 3 rings (SSSR count). The van der Waals surface area contributed by atoms with Crippen molar-refractivity contribution in [3.8, 4) is 0 Å². The quantitative estimate of drug-likeness (QED) is 0.609. The first-order valence-corrected chi connectivity index (χ1v) is 10.5. The lowest BCUT2D eigenvalue weighted by Gasteiger charge is -2.30. The predicted molar refractivity (Wildman–Crippen MR) is 99.6 cm³/mol. The molecule has 2 aliphatic heterocycles. The van der Waals surface area contributed by atoms with Gasteiger partial charge in [-0.2, -0.15) is 0 Å². The standard InChI is InChI=1S/C17H24N4O4S/c1-10(22)18-13-5-6-16(21-26(2,24)25)15(9-13)17(23)20-14-7-11-3-4-12(8-14)19-11/h5-6,9,11-12,14,19,21H,3-4,7-8H2,1-2H3,(H,18,22)(H,20,23). The van der Waals surface area contributed by atoms with Gasteiger partial charge in [-0.3, -0.25) is 14.3 Å². The van der Waals surface area contributed by atoms with Crippen LogP contribution in [0.1, 0.15) is 43.0 Å². The molecule has 0 aliphatic carbocycles. The Morgan fingerprint density at radius 2 is 1.81 bits per heavy atom. The molecular formula is C17H24N4O4S. The summed E-state index contributed by atoms with van der Waals surface area (Å²) < 4.78 is 25.6. The summed E-state index contributed by atoms with van der Waals surface area (Å²) in [7, 11) is -3.54. The number of hydrogen-bond acceptors (Lipinski definition) is 5. The van der Waals surface area contributed by atoms with E-state index in [0.29, 0.717) is 17.8 Å². The summed E-state index contributed by atoms with van der Waals surface area (Å²) in [5, 5.41) is 9.14. The van der Waals surface area contributed by atoms with Crippen molar-refractivity contribution in [2.24, 2.45) is 0 Å². The van der Waals surface area contributed by atoms with Crippen LogP contribution in [0.5, 0.6) is 0 Å². The van der Waals surface area contributed by atoms with Gasteiger partial charge in [0.1, 0.15) is 0 Å². The van der Waals surface area contributed by atoms with E-state index in [-0.39, 0.29) is 29.1 Å². The number of piperidine rings is 1. The van der Waals surface area contributed by atoms with Crippen molar-refractivity contribution in [1.29, 1.82) is 0 Å². The SMILES string of the molecule is CC(=O)Nc1ccc(NS(C)(=O)=O)c(C(=O)NC2CC3CCC(C2)N3)c1. The Labute approximate surface area is 153 Å². The number of fused-ring (bicyclic) bond motifs is 2. The molecule has 0 saturated carbocycles. The molecule has 2 unspecified atom stereocenters. The van der Waals surface area contributed by atoms with Crippen LogP contribution in [0.4, 0.5) is 11.4 Å². The average Bonchev–Trinajstić information content (AvgIpc) is 2.85. The molecule has 2 saturated heterocycles. The minimum atomic E-state index is -3.54. The Bertz CT molecular complexity index is 812. The fourth-order valence-corrected chi connectivity index (χ4v) is 4.32. The Balaban J connectivity index is 1.82. The zero-order valence-corrected chi connectivity index (χ0v) is 15.7. The van der Waals surface area contributed by atoms with Crippen molar-refractivity contribution in [2.75, 3.05) is 16.3 Å². The zero-order chi connectivity index (χ0) is 18.9. The first-order valence-electron chi connectivity index (χ1n) is 8.66. The van der Waals surface area contributed by atoms with Crippen LogP contribution in [0.3, 0.4) is 0 Å². The molecule has 2 atom stereocenters. The minimum absolute atomic E-state index is 0.0526. The Morgan fingerprint density at radius 3 is 2.38 bits per heavy atom. The lowest BCUT2D eigenvalue weighted by molar-refractivity contribution is -0.114. The second-order valence-corrected chi connectivity index (χ2v) is 8.84. The van der Waals surface area contributed by atoms with Crippen LogP contribution in [-0.4, -0.2) is 44.6 Å². The van der Waals surface area contributed by atoms with E-state index in [0.717, 1.165) is 31.9 Å². The van der Waals surface area contributed by atoms with E-state index in [2.05, 4.69) is 20.7 Å². The van der Waals surface area contributed by atoms with Crippen LogP contribution in [-0.2, 0) is 14.8 Å². The molecule has 1 aromatic carbocycles. The Morgan fingerprint density at radius 1 is 1.15 bits per heavy atom. The lowest BCUT2D eigenvalue weighted by atomic mass is 9.99. The predicted octanol–water partition coefficient (Wildman–Crippen LogP) is 1.03. The van der Waals surface area contributed by atoms with Crippen molar-refractivity contribution in [1.82, 2.24) is 10.6 Å². The summed E-state index contributed by atoms with van der Waals surface area (Å²) >= 11 is 0. The van der Waals surface area contributed by atoms with Gasteiger partial charge < -0.3 is 16.0 Å². The molecule has 2 amide bonds. The Kier molecular flexibility index (Phi) is 5.19. The van der Waals surface area contributed by atoms with Crippen molar-refractivity contribution in [3.05, 3.63) is 23.8 Å². The third-order valence-electron chi connectivity index (χ3n) is 4.69. The highest BCUT2D eigenvalue weighted by Crippen LogP contribution is 2.28. The molecule has 4 N–H and O–H groups in total. The molecule has 0 aromatic heterocycles. The van der Waals surface area contributed by atoms with E-state index < -0.39 is 10.0 Å². The van der Waals surface area contributed by atoms with Crippen molar-refractivity contribution < 1.29 is 18.0 Å². The number of sulfonamides is 1. The number of benzene rings is 1. The number of rotatable bonds is 5. The van der Waals surface area contributed by atoms with Gasteiger partial charge in [0.2, 0.25) is 15.9 Å². The fourth-order valence-electron chi connectivity index (χ4n) is 3.74. The monoisotopic (exact) mass is 380 g/mol. The maximum absolute atomic E-state index is 12.8. The summed E-state index contributed by atoms with van der Waals surface area (Å²) in [6.45, 7) is 1.37. The van der Waals surface area contributed by atoms with Gasteiger partial charge >= 0.3 is 0 Å². The molecule has 142 valence electrons. The maximum atomic E-state index is 12.8. The molecule has 0 spiro atoms. The summed E-state index contributed by atoms with van der Waals surface area (Å²) in [4.78, 5) is 24.1. The van der Waals surface area contributed by atoms with E-state index in [1.54, 1.807) is 6.07 Å². The van der Waals surface area contributed by atoms with Gasteiger partial charge in [-0.05, 0) is 43.9 Å². The summed E-state index contributed by atoms with van der Waals surface area (Å²) in [6.07, 6.45) is 5.00. The molecule has 0 radical (unpaired) electrons. The maximum Gasteiger partial charge on any atom is 0.253 e. The van der Waals surface area contributed by atoms with Crippen LogP contribution in [0.2, 0.25) is 0 Å². The lowest BCUT2D eigenvalue weighted by Crippen LogP contribution is -2.48. The molecule has 2 heterocycles. The molecule has 2 bridgehead atoms. The zero-order valence-electron chi connectivity index (χ0n) is 14.8. The highest BCUT2D eigenvalue weighted by atomic mass is 32.2. The van der Waals surface area contributed by atoms with Crippen LogP contribution in [0, 0.1) is 0 Å². The summed E-state index contributed by atoms with van der Waals surface area (Å²) in [5.74, 6) is -0.621. The molecule has 2 aliphatic rings. The smallest absolute Gasteiger partial charge is 0.253 e. The van der Waals surface area contributed by atoms with Crippen LogP contribution in [0.25, 0.3) is 0 Å². The van der Waals surface area contributed by atoms with Crippen LogP contribution < -0.4 is 20.7 Å². The van der Waals surface area contributed by atoms with Gasteiger partial charge in [0.05, 0.1) is 17.5 Å². The van der Waals surface area contributed by atoms with E-state index in [4.69, 9.17) is 0 Å². The van der Waals surface area contributed by atoms with Gasteiger partial charge in [0.15, 0.2) is 0 Å². The second-order valence-electron chi connectivity index (χ2n) is 7.10. The number of hydrogen-bond donors (Lipinski definition) is 4. The molecule has 1 aromatic rings. The van der Waals surface area contributed by atoms with Crippen molar-refractivity contribution >= 4 is 33.2 Å². The molecule has 9 heteroatoms. The number of carbonyl (C=O) groups excluding carboxylic acids is 2. The molecule has 26 heavy (non-hydrogen) atoms. The topological polar surface area (TPSA) is 116 Å². The second kappa shape index (κ2) is 7.24.